The van der Waals surface area contributed by atoms with Crippen molar-refractivity contribution in [1.29, 1.82) is 0 Å². The van der Waals surface area contributed by atoms with Gasteiger partial charge in [-0.25, -0.2) is 23.1 Å². The lowest BCUT2D eigenvalue weighted by molar-refractivity contribution is -2.00. The smallest absolute Gasteiger partial charge is 0.364 e. The van der Waals surface area contributed by atoms with Gasteiger partial charge >= 0.3 is 11.3 Å². The third kappa shape index (κ3) is 5.95. The molecule has 0 radical (unpaired) electrons. The number of para-hydroxylation sites is 1. The van der Waals surface area contributed by atoms with Gasteiger partial charge in [0.05, 0.1) is 32.5 Å². The zero-order valence-electron chi connectivity index (χ0n) is 15.5. The van der Waals surface area contributed by atoms with Crippen molar-refractivity contribution in [1.82, 2.24) is 0 Å². The highest BCUT2D eigenvalue weighted by Gasteiger charge is 2.21. The van der Waals surface area contributed by atoms with Crippen LogP contribution in [-0.2, 0) is 0 Å². The average molecular weight is 411 g/mol. The molecule has 2 aromatic carbocycles. The van der Waals surface area contributed by atoms with E-state index in [2.05, 4.69) is 0 Å². The van der Waals surface area contributed by atoms with Crippen molar-refractivity contribution in [3.05, 3.63) is 48.5 Å². The van der Waals surface area contributed by atoms with Crippen molar-refractivity contribution in [2.75, 3.05) is 20.8 Å². The monoisotopic (exact) mass is 410 g/mol. The molecule has 3 aromatic rings. The summed E-state index contributed by atoms with van der Waals surface area (Å²) in [6, 6.07) is 15.4. The normalized spacial score (nSPS) is 10.8. The van der Waals surface area contributed by atoms with Crippen molar-refractivity contribution in [2.24, 2.45) is 0 Å². The van der Waals surface area contributed by atoms with E-state index in [-0.39, 0.29) is 0 Å². The molecule has 0 bridgehead atoms. The number of ether oxygens (including phenoxy) is 3. The Morgan fingerprint density at radius 3 is 2.11 bits per heavy atom. The Hall–Kier alpha value is -2.62. The summed E-state index contributed by atoms with van der Waals surface area (Å²) in [4.78, 5) is 0. The fourth-order valence-corrected chi connectivity index (χ4v) is 2.51. The molecule has 0 saturated carbocycles. The molecule has 8 nitrogen and oxygen atoms in total. The molecule has 0 amide bonds. The van der Waals surface area contributed by atoms with Gasteiger partial charge in [-0.05, 0) is 25.1 Å². The molecule has 3 rings (SSSR count). The minimum Gasteiger partial charge on any atom is -0.493 e. The van der Waals surface area contributed by atoms with Crippen molar-refractivity contribution in [2.45, 2.75) is 6.92 Å². The van der Waals surface area contributed by atoms with Gasteiger partial charge in [-0.15, -0.1) is 10.2 Å². The molecule has 0 aliphatic heterocycles. The first-order valence-corrected chi connectivity index (χ1v) is 9.33. The fourth-order valence-electron chi connectivity index (χ4n) is 2.51. The van der Waals surface area contributed by atoms with E-state index >= 15 is 0 Å². The fraction of sp³-hybridized carbons (Fsp3) is 0.211. The van der Waals surface area contributed by atoms with Crippen LogP contribution in [0.25, 0.3) is 22.3 Å². The van der Waals surface area contributed by atoms with Gasteiger partial charge in [0.15, 0.2) is 11.5 Å². The SMILES string of the molecule is CCOc1cc(-c2ccc(OC)c(OC)c2)[o+]c2ccccc12.[O-][Cl+3]([O-])([O-])[O-]. The Morgan fingerprint density at radius 2 is 1.50 bits per heavy atom. The summed E-state index contributed by atoms with van der Waals surface area (Å²) in [6.07, 6.45) is 0. The minimum absolute atomic E-state index is 0.597. The predicted octanol–water partition coefficient (Wildman–Crippen LogP) is 0.0408. The highest BCUT2D eigenvalue weighted by atomic mass is 35.7. The van der Waals surface area contributed by atoms with Crippen molar-refractivity contribution in [3.63, 3.8) is 0 Å². The molecule has 9 heteroatoms. The maximum Gasteiger partial charge on any atom is 0.364 e. The van der Waals surface area contributed by atoms with Crippen LogP contribution in [0.3, 0.4) is 0 Å². The summed E-state index contributed by atoms with van der Waals surface area (Å²) in [5, 5.41) is 0.957. The Labute approximate surface area is 163 Å². The molecule has 0 spiro atoms. The van der Waals surface area contributed by atoms with Crippen molar-refractivity contribution < 1.29 is 47.5 Å². The van der Waals surface area contributed by atoms with Gasteiger partial charge in [0.2, 0.25) is 0 Å². The van der Waals surface area contributed by atoms with E-state index in [1.165, 1.54) is 0 Å². The Morgan fingerprint density at radius 1 is 0.857 bits per heavy atom. The van der Waals surface area contributed by atoms with E-state index < -0.39 is 10.2 Å². The van der Waals surface area contributed by atoms with Gasteiger partial charge in [-0.1, -0.05) is 12.1 Å². The number of fused-ring (bicyclic) bond motifs is 1. The van der Waals surface area contributed by atoms with Gasteiger partial charge in [-0.3, -0.25) is 0 Å². The van der Waals surface area contributed by atoms with Gasteiger partial charge < -0.3 is 14.2 Å². The molecule has 1 aromatic heterocycles. The van der Waals surface area contributed by atoms with Crippen molar-refractivity contribution in [3.8, 4) is 28.6 Å². The minimum atomic E-state index is -4.94. The highest BCUT2D eigenvalue weighted by molar-refractivity contribution is 5.85. The van der Waals surface area contributed by atoms with E-state index in [4.69, 9.17) is 37.3 Å². The molecule has 0 N–H and O–H groups in total. The molecular formula is C19H19ClO8. The van der Waals surface area contributed by atoms with Crippen LogP contribution in [0.5, 0.6) is 17.2 Å². The van der Waals surface area contributed by atoms with E-state index in [1.54, 1.807) is 14.2 Å². The zero-order valence-corrected chi connectivity index (χ0v) is 16.2. The summed E-state index contributed by atoms with van der Waals surface area (Å²) >= 11 is 0. The van der Waals surface area contributed by atoms with Crippen LogP contribution < -0.4 is 32.8 Å². The van der Waals surface area contributed by atoms with Crippen LogP contribution in [0.4, 0.5) is 0 Å². The number of benzene rings is 2. The lowest BCUT2D eigenvalue weighted by Gasteiger charge is -2.17. The molecule has 1 heterocycles. The second-order valence-electron chi connectivity index (χ2n) is 5.35. The van der Waals surface area contributed by atoms with Crippen LogP contribution >= 0.6 is 0 Å². The second-order valence-corrected chi connectivity index (χ2v) is 6.11. The molecule has 150 valence electrons. The maximum absolute atomic E-state index is 8.49. The van der Waals surface area contributed by atoms with E-state index in [0.717, 1.165) is 22.3 Å². The molecule has 0 saturated heterocycles. The quantitative estimate of drug-likeness (QED) is 0.539. The third-order valence-corrected chi connectivity index (χ3v) is 3.60. The summed E-state index contributed by atoms with van der Waals surface area (Å²) in [5.41, 5.74) is 1.68. The topological polar surface area (TPSA) is 131 Å². The second kappa shape index (κ2) is 9.54. The maximum atomic E-state index is 8.49. The van der Waals surface area contributed by atoms with E-state index in [9.17, 15) is 0 Å². The van der Waals surface area contributed by atoms with Crippen molar-refractivity contribution >= 4 is 11.0 Å². The molecular weight excluding hydrogens is 392 g/mol. The first-order valence-electron chi connectivity index (χ1n) is 8.09. The molecule has 0 fully saturated rings. The Bertz CT molecular complexity index is 917. The average Bonchev–Trinajstić information content (AvgIpc) is 2.66. The zero-order chi connectivity index (χ0) is 20.7. The number of rotatable bonds is 5. The van der Waals surface area contributed by atoms with Gasteiger partial charge in [0.25, 0.3) is 0 Å². The first-order chi connectivity index (χ1) is 13.3. The highest BCUT2D eigenvalue weighted by Crippen LogP contribution is 2.36. The number of hydrogen-bond acceptors (Lipinski definition) is 7. The van der Waals surface area contributed by atoms with E-state index in [1.807, 2.05) is 55.5 Å². The first kappa shape index (κ1) is 21.7. The number of hydrogen-bond donors (Lipinski definition) is 0. The largest absolute Gasteiger partial charge is 0.493 e. The summed E-state index contributed by atoms with van der Waals surface area (Å²) < 4.78 is 56.4. The van der Waals surface area contributed by atoms with Crippen LogP contribution in [-0.4, -0.2) is 20.8 Å². The van der Waals surface area contributed by atoms with Crippen LogP contribution in [0.1, 0.15) is 6.92 Å². The third-order valence-electron chi connectivity index (χ3n) is 3.60. The molecule has 28 heavy (non-hydrogen) atoms. The molecule has 0 aliphatic carbocycles. The summed E-state index contributed by atoms with van der Waals surface area (Å²) in [7, 11) is -1.71. The number of halogens is 1. The lowest BCUT2D eigenvalue weighted by atomic mass is 10.1. The Kier molecular flexibility index (Phi) is 7.38. The van der Waals surface area contributed by atoms with Gasteiger partial charge in [-0.2, -0.15) is 0 Å². The van der Waals surface area contributed by atoms with Crippen LogP contribution in [0, 0.1) is 10.2 Å². The van der Waals surface area contributed by atoms with Crippen LogP contribution in [0.15, 0.2) is 52.9 Å². The van der Waals surface area contributed by atoms with Gasteiger partial charge in [0.1, 0.15) is 11.1 Å². The standard InChI is InChI=1S/C19H19O4.ClHO4/c1-4-22-18-12-17(23-15-8-6-5-7-14(15)18)13-9-10-16(20-2)19(11-13)21-3;2-1(3,4)5/h5-12H,4H2,1-3H3;(H,2,3,4,5)/q+1;/p-1. The summed E-state index contributed by atoms with van der Waals surface area (Å²) in [5.74, 6) is 2.86. The van der Waals surface area contributed by atoms with Gasteiger partial charge in [0, 0.05) is 12.1 Å². The predicted molar refractivity (Wildman–Crippen MR) is 90.3 cm³/mol. The van der Waals surface area contributed by atoms with E-state index in [0.29, 0.717) is 23.9 Å². The lowest BCUT2D eigenvalue weighted by Crippen LogP contribution is -2.68. The molecule has 0 unspecified atom stereocenters. The summed E-state index contributed by atoms with van der Waals surface area (Å²) in [6.45, 7) is 2.56. The number of methoxy groups -OCH3 is 2. The Balaban J connectivity index is 0.000000500. The molecule has 0 atom stereocenters. The molecule has 0 aliphatic rings. The van der Waals surface area contributed by atoms with Crippen LogP contribution in [0.2, 0.25) is 0 Å².